The molecule has 0 unspecified atom stereocenters. The minimum Gasteiger partial charge on any atom is -0.361 e. The molecule has 2 aromatic heterocycles. The number of nitrogens with one attached hydrogen (secondary N) is 2. The highest BCUT2D eigenvalue weighted by Crippen LogP contribution is 2.43. The smallest absolute Gasteiger partial charge is 0.261 e. The number of para-hydroxylation sites is 2. The summed E-state index contributed by atoms with van der Waals surface area (Å²) >= 11 is 0. The molecular formula is C40H55N5O8S2Si2. The second-order valence-electron chi connectivity index (χ2n) is 18.6. The maximum atomic E-state index is 14.6. The third-order valence-corrected chi connectivity index (χ3v) is 18.7. The SMILES string of the molecule is CN1C(=O)C(c2c[nH]c3ccccc23)=C(c2cn(C[C@H]3[C@H]4OC(C)(C)O[C@@H]4[C@@H](NS(=O)(=O)CC[Si](C)(C)C)CN3S(=O)(=O)CC[Si](C)(C)C)c3ccccc23)C1=O. The summed E-state index contributed by atoms with van der Waals surface area (Å²) in [7, 11) is -9.81. The molecule has 5 heterocycles. The lowest BCUT2D eigenvalue weighted by atomic mass is 9.94. The summed E-state index contributed by atoms with van der Waals surface area (Å²) in [4.78, 5) is 32.3. The first-order chi connectivity index (χ1) is 26.5. The number of ether oxygens (including phenoxy) is 2. The Kier molecular flexibility index (Phi) is 10.8. The second-order valence-corrected chi connectivity index (χ2v) is 33.7. The summed E-state index contributed by atoms with van der Waals surface area (Å²) in [5.41, 5.74) is 3.28. The van der Waals surface area contributed by atoms with Gasteiger partial charge in [0.2, 0.25) is 20.0 Å². The van der Waals surface area contributed by atoms with Crippen molar-refractivity contribution in [2.24, 2.45) is 0 Å². The van der Waals surface area contributed by atoms with Gasteiger partial charge in [0, 0.05) is 81.6 Å². The molecule has 2 saturated heterocycles. The summed E-state index contributed by atoms with van der Waals surface area (Å²) < 4.78 is 75.6. The summed E-state index contributed by atoms with van der Waals surface area (Å²) in [6.45, 7) is 16.2. The van der Waals surface area contributed by atoms with Gasteiger partial charge in [0.25, 0.3) is 11.8 Å². The van der Waals surface area contributed by atoms with Crippen LogP contribution in [0.2, 0.25) is 51.4 Å². The highest BCUT2D eigenvalue weighted by Gasteiger charge is 2.57. The Morgan fingerprint density at radius 2 is 1.39 bits per heavy atom. The van der Waals surface area contributed by atoms with Crippen LogP contribution in [0.25, 0.3) is 33.0 Å². The molecule has 3 aliphatic heterocycles. The van der Waals surface area contributed by atoms with E-state index in [2.05, 4.69) is 49.0 Å². The summed E-state index contributed by atoms with van der Waals surface area (Å²) in [5.74, 6) is -2.12. The fourth-order valence-corrected chi connectivity index (χ4v) is 17.2. The number of rotatable bonds is 13. The molecule has 0 spiro atoms. The number of carbonyl (C=O) groups is 2. The van der Waals surface area contributed by atoms with Gasteiger partial charge in [-0.3, -0.25) is 14.5 Å². The van der Waals surface area contributed by atoms with E-state index >= 15 is 0 Å². The molecule has 2 fully saturated rings. The number of amides is 2. The highest BCUT2D eigenvalue weighted by atomic mass is 32.2. The van der Waals surface area contributed by atoms with E-state index in [-0.39, 0.29) is 35.7 Å². The molecular weight excluding hydrogens is 799 g/mol. The van der Waals surface area contributed by atoms with Gasteiger partial charge >= 0.3 is 0 Å². The average Bonchev–Trinajstić information content (AvgIpc) is 3.85. The zero-order valence-electron chi connectivity index (χ0n) is 34.2. The van der Waals surface area contributed by atoms with E-state index in [1.807, 2.05) is 59.3 Å². The van der Waals surface area contributed by atoms with Crippen LogP contribution in [0.15, 0.2) is 60.9 Å². The molecule has 2 N–H and O–H groups in total. The Morgan fingerprint density at radius 1 is 0.807 bits per heavy atom. The number of piperidine rings is 1. The van der Waals surface area contributed by atoms with Crippen molar-refractivity contribution < 1.29 is 35.9 Å². The van der Waals surface area contributed by atoms with Crippen molar-refractivity contribution in [3.63, 3.8) is 0 Å². The normalized spacial score (nSPS) is 23.7. The number of nitrogens with zero attached hydrogens (tertiary/aromatic N) is 3. The molecule has 13 nitrogen and oxygen atoms in total. The molecule has 57 heavy (non-hydrogen) atoms. The van der Waals surface area contributed by atoms with Crippen molar-refractivity contribution in [1.82, 2.24) is 23.5 Å². The summed E-state index contributed by atoms with van der Waals surface area (Å²) in [5, 5.41) is 1.53. The lowest BCUT2D eigenvalue weighted by Crippen LogP contribution is -2.67. The third kappa shape index (κ3) is 8.39. The Morgan fingerprint density at radius 3 is 2.05 bits per heavy atom. The molecule has 7 rings (SSSR count). The Labute approximate surface area is 337 Å². The van der Waals surface area contributed by atoms with Crippen molar-refractivity contribution in [3.05, 3.63) is 72.1 Å². The standard InChI is InChI=1S/C40H55N5O8S2Si2/c1-40(2)52-36-31(42-54(48,49)18-20-56(4,5)6)24-45(55(50,51)19-21-57(7,8)9)33(37(36)53-40)25-44-23-29(27-15-11-13-17-32(27)44)35-34(38(46)43(3)39(35)47)28-22-41-30-16-12-10-14-26(28)30/h10-17,22-23,31,33,36-37,41-42H,18-21,24-25H2,1-9H3/t31-,33-,36+,37+/m0/s1. The second kappa shape index (κ2) is 14.7. The number of likely N-dealkylation sites (N-methyl/N-ethyl adjacent to an activating group) is 1. The van der Waals surface area contributed by atoms with Crippen LogP contribution >= 0.6 is 0 Å². The Hall–Kier alpha value is -3.43. The van der Waals surface area contributed by atoms with Gasteiger partial charge in [-0.1, -0.05) is 75.7 Å². The first-order valence-electron chi connectivity index (χ1n) is 19.5. The summed E-state index contributed by atoms with van der Waals surface area (Å²) in [6.07, 6.45) is 1.96. The molecule has 308 valence electrons. The van der Waals surface area contributed by atoms with E-state index in [4.69, 9.17) is 9.47 Å². The van der Waals surface area contributed by atoms with Crippen molar-refractivity contribution in [1.29, 1.82) is 0 Å². The quantitative estimate of drug-likeness (QED) is 0.131. The van der Waals surface area contributed by atoms with Crippen LogP contribution in [0.1, 0.15) is 25.0 Å². The molecule has 4 atom stereocenters. The van der Waals surface area contributed by atoms with Crippen molar-refractivity contribution >= 4 is 81.0 Å². The van der Waals surface area contributed by atoms with E-state index in [1.165, 1.54) is 11.4 Å². The number of hydrogen-bond donors (Lipinski definition) is 2. The van der Waals surface area contributed by atoms with E-state index < -0.39 is 78.1 Å². The van der Waals surface area contributed by atoms with Crippen LogP contribution in [0.4, 0.5) is 0 Å². The molecule has 0 saturated carbocycles. The number of imide groups is 1. The predicted octanol–water partition coefficient (Wildman–Crippen LogP) is 5.53. The van der Waals surface area contributed by atoms with E-state index in [1.54, 1.807) is 20.0 Å². The van der Waals surface area contributed by atoms with Gasteiger partial charge in [0.05, 0.1) is 34.7 Å². The molecule has 2 amide bonds. The number of sulfonamides is 2. The fraction of sp³-hybridized carbons (Fsp3) is 0.500. The first kappa shape index (κ1) is 41.7. The minimum atomic E-state index is -3.96. The number of hydrogen-bond acceptors (Lipinski definition) is 8. The van der Waals surface area contributed by atoms with Crippen LogP contribution in [-0.4, -0.2) is 119 Å². The summed E-state index contributed by atoms with van der Waals surface area (Å²) in [6, 6.07) is 14.5. The molecule has 2 aromatic carbocycles. The largest absolute Gasteiger partial charge is 0.361 e. The van der Waals surface area contributed by atoms with Gasteiger partial charge in [-0.25, -0.2) is 21.6 Å². The van der Waals surface area contributed by atoms with Crippen LogP contribution in [0, 0.1) is 0 Å². The topological polar surface area (TPSA) is 160 Å². The van der Waals surface area contributed by atoms with E-state index in [0.29, 0.717) is 23.2 Å². The van der Waals surface area contributed by atoms with Gasteiger partial charge in [0.1, 0.15) is 12.2 Å². The zero-order valence-corrected chi connectivity index (χ0v) is 37.9. The molecule has 4 aromatic rings. The van der Waals surface area contributed by atoms with Gasteiger partial charge in [-0.05, 0) is 38.1 Å². The number of H-pyrrole nitrogens is 1. The zero-order chi connectivity index (χ0) is 41.5. The van der Waals surface area contributed by atoms with Crippen LogP contribution in [0.3, 0.4) is 0 Å². The van der Waals surface area contributed by atoms with E-state index in [9.17, 15) is 26.4 Å². The monoisotopic (exact) mass is 853 g/mol. The van der Waals surface area contributed by atoms with Gasteiger partial charge < -0.3 is 19.0 Å². The number of aromatic amines is 1. The van der Waals surface area contributed by atoms with Crippen molar-refractivity contribution in [3.8, 4) is 0 Å². The first-order valence-corrected chi connectivity index (χ1v) is 30.2. The number of benzene rings is 2. The molecule has 0 aliphatic carbocycles. The third-order valence-electron chi connectivity index (χ3n) is 11.2. The molecule has 3 aliphatic rings. The molecule has 0 bridgehead atoms. The Balaban J connectivity index is 1.34. The maximum Gasteiger partial charge on any atom is 0.261 e. The predicted molar refractivity (Wildman–Crippen MR) is 230 cm³/mol. The molecule has 17 heteroatoms. The van der Waals surface area contributed by atoms with Gasteiger partial charge in [-0.2, -0.15) is 4.31 Å². The van der Waals surface area contributed by atoms with Crippen LogP contribution in [-0.2, 0) is 45.7 Å². The molecule has 0 radical (unpaired) electrons. The number of aromatic nitrogens is 2. The number of carbonyl (C=O) groups excluding carboxylic acids is 2. The Bertz CT molecular complexity index is 2500. The van der Waals surface area contributed by atoms with E-state index in [0.717, 1.165) is 26.7 Å². The lowest BCUT2D eigenvalue weighted by molar-refractivity contribution is -0.148. The lowest BCUT2D eigenvalue weighted by Gasteiger charge is -2.44. The van der Waals surface area contributed by atoms with Crippen molar-refractivity contribution in [2.75, 3.05) is 25.1 Å². The number of fused-ring (bicyclic) bond motifs is 3. The fourth-order valence-electron chi connectivity index (χ4n) is 8.14. The van der Waals surface area contributed by atoms with Crippen molar-refractivity contribution in [2.45, 2.75) is 102 Å². The van der Waals surface area contributed by atoms with Crippen LogP contribution < -0.4 is 4.72 Å². The van der Waals surface area contributed by atoms with Gasteiger partial charge in [-0.15, -0.1) is 0 Å². The highest BCUT2D eigenvalue weighted by molar-refractivity contribution is 7.89. The minimum absolute atomic E-state index is 0.0579. The average molecular weight is 854 g/mol. The van der Waals surface area contributed by atoms with Crippen LogP contribution in [0.5, 0.6) is 0 Å². The maximum absolute atomic E-state index is 14.6. The van der Waals surface area contributed by atoms with Gasteiger partial charge in [0.15, 0.2) is 5.79 Å².